The number of hydrogen-bond donors (Lipinski definition) is 0. The van der Waals surface area contributed by atoms with E-state index in [0.717, 1.165) is 39.0 Å². The highest BCUT2D eigenvalue weighted by atomic mass is 19.3. The minimum absolute atomic E-state index is 0.0890. The fourth-order valence-electron chi connectivity index (χ4n) is 4.88. The van der Waals surface area contributed by atoms with Crippen LogP contribution in [0.3, 0.4) is 0 Å². The molecule has 1 atom stereocenters. The van der Waals surface area contributed by atoms with E-state index in [-0.39, 0.29) is 18.8 Å². The average molecular weight is 647 g/mol. The normalized spacial score (nSPS) is 14.9. The van der Waals surface area contributed by atoms with Crippen molar-refractivity contribution in [1.82, 2.24) is 0 Å². The summed E-state index contributed by atoms with van der Waals surface area (Å²) in [6.45, 7) is 13.5. The maximum Gasteiger partial charge on any atom is 0.407 e. The van der Waals surface area contributed by atoms with E-state index >= 15 is 13.2 Å². The van der Waals surface area contributed by atoms with Crippen molar-refractivity contribution >= 4 is 0 Å². The van der Waals surface area contributed by atoms with Gasteiger partial charge < -0.3 is 4.74 Å². The molecule has 0 saturated carbocycles. The van der Waals surface area contributed by atoms with Crippen molar-refractivity contribution < 1.29 is 44.3 Å². The van der Waals surface area contributed by atoms with Gasteiger partial charge in [-0.05, 0) is 92.8 Å². The second-order valence-electron chi connectivity index (χ2n) is 12.8. The zero-order chi connectivity index (χ0) is 34.5. The van der Waals surface area contributed by atoms with Gasteiger partial charge in [-0.25, -0.2) is 30.7 Å². The predicted octanol–water partition coefficient (Wildman–Crippen LogP) is 12.5. The Balaban J connectivity index is 2.30. The SMILES string of the molecule is C=CC(/C=C(/F)CC(C)(C)C/C=C(F)\C(=C(/C)F)C(C)(C)C(F)(F)Oc1ccc(-c2cc(F)c(F)c(F)c2)c(F)c1)CC(C)C. The molecule has 10 heteroatoms. The van der Waals surface area contributed by atoms with Gasteiger partial charge in [0.25, 0.3) is 0 Å². The first-order chi connectivity index (χ1) is 20.6. The van der Waals surface area contributed by atoms with Gasteiger partial charge in [-0.2, -0.15) is 8.78 Å². The molecule has 0 fully saturated rings. The van der Waals surface area contributed by atoms with Gasteiger partial charge in [-0.3, -0.25) is 0 Å². The molecule has 2 aromatic carbocycles. The second kappa shape index (κ2) is 14.8. The molecule has 45 heavy (non-hydrogen) atoms. The molecule has 0 aliphatic carbocycles. The van der Waals surface area contributed by atoms with Crippen LogP contribution in [-0.4, -0.2) is 6.11 Å². The Kier molecular flexibility index (Phi) is 12.4. The fraction of sp³-hybridized carbons (Fsp3) is 0.429. The van der Waals surface area contributed by atoms with E-state index in [9.17, 15) is 26.3 Å². The van der Waals surface area contributed by atoms with Gasteiger partial charge in [-0.1, -0.05) is 33.8 Å². The molecule has 1 unspecified atom stereocenters. The lowest BCUT2D eigenvalue weighted by Crippen LogP contribution is -2.43. The van der Waals surface area contributed by atoms with Crippen LogP contribution in [0.25, 0.3) is 11.1 Å². The summed E-state index contributed by atoms with van der Waals surface area (Å²) in [6.07, 6.45) is 0.147. The lowest BCUT2D eigenvalue weighted by molar-refractivity contribution is -0.237. The minimum Gasteiger partial charge on any atom is -0.432 e. The summed E-state index contributed by atoms with van der Waals surface area (Å²) in [4.78, 5) is 0. The third-order valence-electron chi connectivity index (χ3n) is 7.34. The lowest BCUT2D eigenvalue weighted by Gasteiger charge is -2.35. The maximum absolute atomic E-state index is 15.5. The number of hydrogen-bond acceptors (Lipinski definition) is 1. The quantitative estimate of drug-likeness (QED) is 0.0859. The molecule has 0 aromatic heterocycles. The summed E-state index contributed by atoms with van der Waals surface area (Å²) in [7, 11) is 0. The van der Waals surface area contributed by atoms with Crippen LogP contribution in [0.15, 0.2) is 78.2 Å². The van der Waals surface area contributed by atoms with E-state index in [4.69, 9.17) is 4.74 Å². The van der Waals surface area contributed by atoms with E-state index in [1.54, 1.807) is 19.9 Å². The Hall–Kier alpha value is -3.43. The van der Waals surface area contributed by atoms with Gasteiger partial charge in [0.2, 0.25) is 0 Å². The summed E-state index contributed by atoms with van der Waals surface area (Å²) < 4.78 is 136. The largest absolute Gasteiger partial charge is 0.432 e. The van der Waals surface area contributed by atoms with Crippen LogP contribution in [0, 0.1) is 45.9 Å². The molecule has 0 aliphatic heterocycles. The molecule has 0 N–H and O–H groups in total. The fourth-order valence-corrected chi connectivity index (χ4v) is 4.88. The maximum atomic E-state index is 15.5. The first kappa shape index (κ1) is 37.8. The molecule has 2 aromatic rings. The minimum atomic E-state index is -4.32. The van der Waals surface area contributed by atoms with Crippen LogP contribution < -0.4 is 4.74 Å². The van der Waals surface area contributed by atoms with Crippen molar-refractivity contribution in [3.63, 3.8) is 0 Å². The number of alkyl halides is 2. The van der Waals surface area contributed by atoms with Gasteiger partial charge in [0.15, 0.2) is 17.5 Å². The zero-order valence-electron chi connectivity index (χ0n) is 26.4. The van der Waals surface area contributed by atoms with Gasteiger partial charge in [0.1, 0.15) is 23.2 Å². The van der Waals surface area contributed by atoms with E-state index in [2.05, 4.69) is 6.58 Å². The summed E-state index contributed by atoms with van der Waals surface area (Å²) in [6, 6.07) is 3.30. The predicted molar refractivity (Wildman–Crippen MR) is 159 cm³/mol. The van der Waals surface area contributed by atoms with Crippen LogP contribution in [0.5, 0.6) is 5.75 Å². The van der Waals surface area contributed by atoms with E-state index in [0.29, 0.717) is 30.5 Å². The Bertz CT molecular complexity index is 1440. The first-order valence-electron chi connectivity index (χ1n) is 14.3. The number of allylic oxidation sites excluding steroid dienone is 6. The summed E-state index contributed by atoms with van der Waals surface area (Å²) >= 11 is 0. The Morgan fingerprint density at radius 2 is 1.49 bits per heavy atom. The zero-order valence-corrected chi connectivity index (χ0v) is 26.4. The highest BCUT2D eigenvalue weighted by Gasteiger charge is 2.54. The Labute approximate surface area is 259 Å². The highest BCUT2D eigenvalue weighted by Crippen LogP contribution is 2.48. The average Bonchev–Trinajstić information content (AvgIpc) is 2.88. The van der Waals surface area contributed by atoms with Crippen LogP contribution in [-0.2, 0) is 0 Å². The monoisotopic (exact) mass is 646 g/mol. The van der Waals surface area contributed by atoms with Crippen molar-refractivity contribution in [2.75, 3.05) is 0 Å². The highest BCUT2D eigenvalue weighted by molar-refractivity contribution is 5.65. The van der Waals surface area contributed by atoms with Crippen molar-refractivity contribution in [3.05, 3.63) is 101 Å². The van der Waals surface area contributed by atoms with E-state index in [1.807, 2.05) is 13.8 Å². The summed E-state index contributed by atoms with van der Waals surface area (Å²) in [5.74, 6) is -9.80. The summed E-state index contributed by atoms with van der Waals surface area (Å²) in [5, 5.41) is 0. The van der Waals surface area contributed by atoms with Crippen LogP contribution >= 0.6 is 0 Å². The van der Waals surface area contributed by atoms with Gasteiger partial charge in [0, 0.05) is 23.6 Å². The molecule has 0 spiro atoms. The standard InChI is InChI=1S/C35H39F9O/c1-9-22(14-20(2)3)15-24(37)19-33(5,6)13-12-27(38)31(21(4)36)34(7,8)35(43,44)45-25-10-11-26(28(39)18-25)23-16-29(40)32(42)30(41)17-23/h9-12,15-18,20,22H,1,13-14,19H2,2-8H3/b24-15+,27-12+,31-21-. The summed E-state index contributed by atoms with van der Waals surface area (Å²) in [5.41, 5.74) is -5.35. The molecule has 1 nitrogen and oxygen atoms in total. The molecule has 0 amide bonds. The van der Waals surface area contributed by atoms with Crippen molar-refractivity contribution in [3.8, 4) is 16.9 Å². The third kappa shape index (κ3) is 9.78. The number of ether oxygens (including phenoxy) is 1. The molecular weight excluding hydrogens is 607 g/mol. The van der Waals surface area contributed by atoms with Crippen LogP contribution in [0.1, 0.15) is 67.7 Å². The Morgan fingerprint density at radius 3 is 1.98 bits per heavy atom. The Morgan fingerprint density at radius 1 is 0.911 bits per heavy atom. The molecular formula is C35H39F9O. The van der Waals surface area contributed by atoms with Crippen molar-refractivity contribution in [2.24, 2.45) is 22.7 Å². The molecule has 2 rings (SSSR count). The van der Waals surface area contributed by atoms with Crippen LogP contribution in [0.4, 0.5) is 39.5 Å². The molecule has 248 valence electrons. The molecule has 0 saturated heterocycles. The molecule has 0 aliphatic rings. The lowest BCUT2D eigenvalue weighted by atomic mass is 9.79. The number of benzene rings is 2. The smallest absolute Gasteiger partial charge is 0.407 e. The molecule has 0 radical (unpaired) electrons. The first-order valence-corrected chi connectivity index (χ1v) is 14.3. The van der Waals surface area contributed by atoms with Gasteiger partial charge in [-0.15, -0.1) is 6.58 Å². The van der Waals surface area contributed by atoms with Crippen LogP contribution in [0.2, 0.25) is 0 Å². The topological polar surface area (TPSA) is 9.23 Å². The molecule has 0 bridgehead atoms. The third-order valence-corrected chi connectivity index (χ3v) is 7.34. The molecule has 0 heterocycles. The van der Waals surface area contributed by atoms with E-state index < -0.39 is 80.1 Å². The van der Waals surface area contributed by atoms with Gasteiger partial charge in [0.05, 0.1) is 11.2 Å². The number of rotatable bonds is 14. The van der Waals surface area contributed by atoms with Crippen molar-refractivity contribution in [2.45, 2.75) is 73.8 Å². The van der Waals surface area contributed by atoms with Gasteiger partial charge >= 0.3 is 6.11 Å². The van der Waals surface area contributed by atoms with E-state index in [1.165, 1.54) is 6.08 Å². The van der Waals surface area contributed by atoms with Crippen molar-refractivity contribution in [1.29, 1.82) is 0 Å². The second-order valence-corrected chi connectivity index (χ2v) is 12.8. The number of halogens is 9.